The molecular weight excluding hydrogens is 452 g/mol. The third kappa shape index (κ3) is 6.33. The number of ketones is 1. The first-order valence-electron chi connectivity index (χ1n) is 13.7. The molecule has 0 amide bonds. The molecule has 196 valence electrons. The van der Waals surface area contributed by atoms with Crippen molar-refractivity contribution >= 4 is 16.7 Å². The quantitative estimate of drug-likeness (QED) is 0.223. The fourth-order valence-electron chi connectivity index (χ4n) is 5.60. The van der Waals surface area contributed by atoms with Gasteiger partial charge in [0.1, 0.15) is 5.78 Å². The van der Waals surface area contributed by atoms with Gasteiger partial charge >= 0.3 is 0 Å². The van der Waals surface area contributed by atoms with Crippen molar-refractivity contribution in [2.75, 3.05) is 0 Å². The van der Waals surface area contributed by atoms with Crippen molar-refractivity contribution < 1.29 is 19.7 Å². The zero-order chi connectivity index (χ0) is 25.7. The summed E-state index contributed by atoms with van der Waals surface area (Å²) in [5.41, 5.74) is 3.38. The summed E-state index contributed by atoms with van der Waals surface area (Å²) in [5, 5.41) is 21.9. The molecule has 0 saturated carbocycles. The second kappa shape index (κ2) is 12.0. The van der Waals surface area contributed by atoms with Crippen LogP contribution in [-0.4, -0.2) is 31.7 Å². The van der Waals surface area contributed by atoms with Crippen LogP contribution >= 0.6 is 0 Å². The van der Waals surface area contributed by atoms with E-state index in [0.29, 0.717) is 36.8 Å². The molecule has 3 heterocycles. The minimum Gasteiger partial charge on any atom is -0.504 e. The van der Waals surface area contributed by atoms with Crippen LogP contribution in [0.3, 0.4) is 0 Å². The van der Waals surface area contributed by atoms with E-state index >= 15 is 0 Å². The predicted octanol–water partition coefficient (Wildman–Crippen LogP) is 7.01. The Hall–Kier alpha value is -2.73. The van der Waals surface area contributed by atoms with Gasteiger partial charge in [0.05, 0.1) is 11.6 Å². The van der Waals surface area contributed by atoms with Gasteiger partial charge < -0.3 is 24.5 Å². The number of phenolic OH excluding ortho intramolecular Hbond substituents is 1. The van der Waals surface area contributed by atoms with E-state index in [1.165, 1.54) is 11.1 Å². The maximum atomic E-state index is 12.4. The van der Waals surface area contributed by atoms with Gasteiger partial charge in [0, 0.05) is 48.7 Å². The predicted molar refractivity (Wildman–Crippen MR) is 144 cm³/mol. The molecule has 0 spiro atoms. The summed E-state index contributed by atoms with van der Waals surface area (Å²) < 4.78 is 8.65. The molecule has 6 heteroatoms. The Morgan fingerprint density at radius 3 is 2.83 bits per heavy atom. The van der Waals surface area contributed by atoms with Crippen LogP contribution in [-0.2, 0) is 11.2 Å². The molecule has 3 unspecified atom stereocenters. The first kappa shape index (κ1) is 26.3. The number of aliphatic hydroxyl groups is 1. The summed E-state index contributed by atoms with van der Waals surface area (Å²) in [7, 11) is 0. The molecule has 0 saturated heterocycles. The number of aromatic hydroxyl groups is 1. The number of aliphatic hydroxyl groups excluding tert-OH is 1. The molecule has 0 bridgehead atoms. The Morgan fingerprint density at radius 2 is 2.06 bits per heavy atom. The van der Waals surface area contributed by atoms with Crippen LogP contribution in [0.5, 0.6) is 11.5 Å². The molecule has 0 aliphatic carbocycles. The minimum absolute atomic E-state index is 0.0741. The van der Waals surface area contributed by atoms with Crippen LogP contribution in [0.15, 0.2) is 36.7 Å². The third-order valence-corrected chi connectivity index (χ3v) is 7.40. The number of aryl methyl sites for hydroxylation is 1. The van der Waals surface area contributed by atoms with Crippen molar-refractivity contribution in [1.82, 2.24) is 9.55 Å². The first-order chi connectivity index (χ1) is 17.4. The molecule has 0 radical (unpaired) electrons. The molecule has 3 N–H and O–H groups in total. The van der Waals surface area contributed by atoms with Gasteiger partial charge in [-0.15, -0.1) is 0 Å². The van der Waals surface area contributed by atoms with Gasteiger partial charge in [-0.1, -0.05) is 46.1 Å². The number of carbonyl (C=O) groups excluding carboxylic acids is 1. The molecule has 3 aromatic rings. The highest BCUT2D eigenvalue weighted by Gasteiger charge is 2.31. The van der Waals surface area contributed by atoms with E-state index in [-0.39, 0.29) is 24.2 Å². The van der Waals surface area contributed by atoms with E-state index in [1.807, 2.05) is 18.3 Å². The number of benzene rings is 1. The van der Waals surface area contributed by atoms with Gasteiger partial charge in [0.2, 0.25) is 0 Å². The maximum Gasteiger partial charge on any atom is 0.176 e. The zero-order valence-corrected chi connectivity index (χ0v) is 22.0. The number of Topliss-reactive ketones (excluding diaryl/α,β-unsaturated/α-hetero) is 1. The van der Waals surface area contributed by atoms with E-state index < -0.39 is 6.10 Å². The van der Waals surface area contributed by atoms with Gasteiger partial charge in [-0.05, 0) is 55.4 Å². The SMILES string of the molecule is CCCCCC(O)CC(=O)CCc1ccc(O)c(OC2CCC(CC(C)C)c3c4cc[nH]c4cn32)c1. The van der Waals surface area contributed by atoms with Crippen molar-refractivity contribution in [1.29, 1.82) is 0 Å². The summed E-state index contributed by atoms with van der Waals surface area (Å²) in [6, 6.07) is 7.50. The van der Waals surface area contributed by atoms with Crippen molar-refractivity contribution in [2.24, 2.45) is 5.92 Å². The Bertz CT molecular complexity index is 1150. The van der Waals surface area contributed by atoms with Crippen LogP contribution in [0.25, 0.3) is 10.9 Å². The van der Waals surface area contributed by atoms with Crippen molar-refractivity contribution in [3.05, 3.63) is 47.9 Å². The number of nitrogens with one attached hydrogen (secondary N) is 1. The van der Waals surface area contributed by atoms with Crippen LogP contribution in [0.4, 0.5) is 0 Å². The lowest BCUT2D eigenvalue weighted by Crippen LogP contribution is -2.25. The average Bonchev–Trinajstić information content (AvgIpc) is 3.43. The number of phenols is 1. The Morgan fingerprint density at radius 1 is 1.22 bits per heavy atom. The number of H-pyrrole nitrogens is 1. The molecular formula is C30H42N2O4. The summed E-state index contributed by atoms with van der Waals surface area (Å²) in [4.78, 5) is 15.7. The minimum atomic E-state index is -0.546. The van der Waals surface area contributed by atoms with Gasteiger partial charge in [0.25, 0.3) is 0 Å². The fraction of sp³-hybridized carbons (Fsp3) is 0.567. The number of nitrogens with zero attached hydrogens (tertiary/aromatic N) is 1. The normalized spacial score (nSPS) is 18.5. The van der Waals surface area contributed by atoms with Gasteiger partial charge in [-0.25, -0.2) is 0 Å². The number of fused-ring (bicyclic) bond motifs is 3. The van der Waals surface area contributed by atoms with E-state index in [9.17, 15) is 15.0 Å². The molecule has 36 heavy (non-hydrogen) atoms. The molecule has 0 fully saturated rings. The van der Waals surface area contributed by atoms with Crippen LogP contribution in [0.2, 0.25) is 0 Å². The summed E-state index contributed by atoms with van der Waals surface area (Å²) in [6.45, 7) is 6.67. The van der Waals surface area contributed by atoms with Gasteiger partial charge in [0.15, 0.2) is 17.7 Å². The van der Waals surface area contributed by atoms with Crippen LogP contribution in [0, 0.1) is 5.92 Å². The lowest BCUT2D eigenvalue weighted by atomic mass is 9.86. The third-order valence-electron chi connectivity index (χ3n) is 7.40. The second-order valence-electron chi connectivity index (χ2n) is 10.9. The highest BCUT2D eigenvalue weighted by Crippen LogP contribution is 2.43. The number of aromatic amines is 1. The van der Waals surface area contributed by atoms with Gasteiger partial charge in [-0.2, -0.15) is 0 Å². The van der Waals surface area contributed by atoms with Crippen molar-refractivity contribution in [2.45, 2.75) is 103 Å². The van der Waals surface area contributed by atoms with Crippen LogP contribution in [0.1, 0.15) is 102 Å². The Labute approximate surface area is 214 Å². The molecule has 1 aliphatic heterocycles. The summed E-state index contributed by atoms with van der Waals surface area (Å²) in [6.07, 6.45) is 11.4. The largest absolute Gasteiger partial charge is 0.504 e. The molecule has 2 aromatic heterocycles. The fourth-order valence-corrected chi connectivity index (χ4v) is 5.60. The standard InChI is InChI=1S/C30H42N2O4/c1-4-5-6-7-23(33)18-24(34)11-8-21-9-12-27(35)28(17-21)36-29-13-10-22(16-20(2)3)30-25-14-15-31-26(25)19-32(29)30/h9,12,14-15,17,19-20,22-23,29,31,33,35H,4-8,10-11,13,16,18H2,1-3H3. The smallest absolute Gasteiger partial charge is 0.176 e. The lowest BCUT2D eigenvalue weighted by molar-refractivity contribution is -0.121. The highest BCUT2D eigenvalue weighted by atomic mass is 16.5. The second-order valence-corrected chi connectivity index (χ2v) is 10.9. The molecule has 4 rings (SSSR count). The first-order valence-corrected chi connectivity index (χ1v) is 13.7. The number of hydrogen-bond donors (Lipinski definition) is 3. The zero-order valence-electron chi connectivity index (χ0n) is 22.0. The number of ether oxygens (including phenoxy) is 1. The number of unbranched alkanes of at least 4 members (excludes halogenated alkanes) is 2. The molecule has 3 atom stereocenters. The maximum absolute atomic E-state index is 12.4. The number of rotatable bonds is 13. The van der Waals surface area contributed by atoms with Crippen molar-refractivity contribution in [3.8, 4) is 11.5 Å². The Kier molecular flexibility index (Phi) is 8.78. The Balaban J connectivity index is 1.42. The summed E-state index contributed by atoms with van der Waals surface area (Å²) in [5.74, 6) is 1.74. The van der Waals surface area contributed by atoms with Crippen molar-refractivity contribution in [3.63, 3.8) is 0 Å². The molecule has 6 nitrogen and oxygen atoms in total. The van der Waals surface area contributed by atoms with E-state index in [4.69, 9.17) is 4.74 Å². The van der Waals surface area contributed by atoms with E-state index in [1.54, 1.807) is 6.07 Å². The molecule has 1 aliphatic rings. The number of aromatic nitrogens is 2. The van der Waals surface area contributed by atoms with Gasteiger partial charge in [-0.3, -0.25) is 4.79 Å². The van der Waals surface area contributed by atoms with E-state index in [2.05, 4.69) is 42.6 Å². The molecule has 1 aromatic carbocycles. The number of hydrogen-bond acceptors (Lipinski definition) is 4. The number of carbonyl (C=O) groups is 1. The monoisotopic (exact) mass is 494 g/mol. The van der Waals surface area contributed by atoms with Crippen LogP contribution < -0.4 is 4.74 Å². The highest BCUT2D eigenvalue weighted by molar-refractivity contribution is 5.83. The topological polar surface area (TPSA) is 87.5 Å². The van der Waals surface area contributed by atoms with E-state index in [0.717, 1.165) is 49.6 Å². The lowest BCUT2D eigenvalue weighted by Gasteiger charge is -2.33. The summed E-state index contributed by atoms with van der Waals surface area (Å²) >= 11 is 0. The average molecular weight is 495 g/mol.